The van der Waals surface area contributed by atoms with Crippen molar-refractivity contribution in [2.75, 3.05) is 26.8 Å². The SMILES string of the molecule is COCCN(CC(C)C)C(=O)c1cccc(OC(F)F)c1. The van der Waals surface area contributed by atoms with E-state index in [-0.39, 0.29) is 11.7 Å². The Morgan fingerprint density at radius 3 is 2.62 bits per heavy atom. The highest BCUT2D eigenvalue weighted by molar-refractivity contribution is 5.94. The molecule has 0 bridgehead atoms. The lowest BCUT2D eigenvalue weighted by Crippen LogP contribution is -2.36. The largest absolute Gasteiger partial charge is 0.435 e. The van der Waals surface area contributed by atoms with Crippen LogP contribution in [0.1, 0.15) is 24.2 Å². The minimum atomic E-state index is -2.91. The van der Waals surface area contributed by atoms with E-state index in [9.17, 15) is 13.6 Å². The lowest BCUT2D eigenvalue weighted by atomic mass is 10.1. The van der Waals surface area contributed by atoms with Gasteiger partial charge < -0.3 is 14.4 Å². The Morgan fingerprint density at radius 2 is 2.05 bits per heavy atom. The summed E-state index contributed by atoms with van der Waals surface area (Å²) in [4.78, 5) is 14.1. The van der Waals surface area contributed by atoms with Gasteiger partial charge in [-0.3, -0.25) is 4.79 Å². The Kier molecular flexibility index (Phi) is 7.08. The number of ether oxygens (including phenoxy) is 2. The number of benzene rings is 1. The van der Waals surface area contributed by atoms with Crippen LogP contribution in [0.2, 0.25) is 0 Å². The summed E-state index contributed by atoms with van der Waals surface area (Å²) >= 11 is 0. The van der Waals surface area contributed by atoms with Crippen LogP contribution in [0.3, 0.4) is 0 Å². The average molecular weight is 301 g/mol. The molecule has 0 aliphatic heterocycles. The van der Waals surface area contributed by atoms with Crippen molar-refractivity contribution < 1.29 is 23.0 Å². The Bertz CT molecular complexity index is 452. The van der Waals surface area contributed by atoms with Crippen molar-refractivity contribution in [3.05, 3.63) is 29.8 Å². The number of methoxy groups -OCH3 is 1. The summed E-state index contributed by atoms with van der Waals surface area (Å²) in [5, 5.41) is 0. The first-order valence-electron chi connectivity index (χ1n) is 6.77. The second-order valence-electron chi connectivity index (χ2n) is 5.04. The van der Waals surface area contributed by atoms with Crippen LogP contribution in [0.5, 0.6) is 5.75 Å². The number of carbonyl (C=O) groups is 1. The van der Waals surface area contributed by atoms with Gasteiger partial charge in [-0.1, -0.05) is 19.9 Å². The Morgan fingerprint density at radius 1 is 1.33 bits per heavy atom. The summed E-state index contributed by atoms with van der Waals surface area (Å²) in [5.41, 5.74) is 0.324. The molecule has 118 valence electrons. The Labute approximate surface area is 123 Å². The summed E-state index contributed by atoms with van der Waals surface area (Å²) < 4.78 is 33.7. The van der Waals surface area contributed by atoms with Crippen LogP contribution >= 0.6 is 0 Å². The van der Waals surface area contributed by atoms with Crippen LogP contribution in [-0.4, -0.2) is 44.2 Å². The fourth-order valence-electron chi connectivity index (χ4n) is 1.91. The van der Waals surface area contributed by atoms with Gasteiger partial charge in [0.05, 0.1) is 6.61 Å². The predicted octanol–water partition coefficient (Wildman–Crippen LogP) is 3.03. The molecule has 0 fully saturated rings. The second kappa shape index (κ2) is 8.56. The van der Waals surface area contributed by atoms with Gasteiger partial charge in [-0.15, -0.1) is 0 Å². The van der Waals surface area contributed by atoms with Gasteiger partial charge in [-0.05, 0) is 24.1 Å². The standard InChI is InChI=1S/C15H21F2NO3/c1-11(2)10-18(7-8-20-3)14(19)12-5-4-6-13(9-12)21-15(16)17/h4-6,9,11,15H,7-8,10H2,1-3H3. The molecule has 0 saturated carbocycles. The third-order valence-corrected chi connectivity index (χ3v) is 2.74. The van der Waals surface area contributed by atoms with Crippen molar-refractivity contribution in [1.82, 2.24) is 4.90 Å². The zero-order valence-electron chi connectivity index (χ0n) is 12.5. The molecule has 0 unspecified atom stereocenters. The molecule has 0 aliphatic rings. The maximum Gasteiger partial charge on any atom is 0.387 e. The molecule has 6 heteroatoms. The number of nitrogens with zero attached hydrogens (tertiary/aromatic N) is 1. The molecule has 4 nitrogen and oxygen atoms in total. The predicted molar refractivity (Wildman–Crippen MR) is 75.7 cm³/mol. The highest BCUT2D eigenvalue weighted by Crippen LogP contribution is 2.17. The molecule has 0 radical (unpaired) electrons. The number of halogens is 2. The zero-order chi connectivity index (χ0) is 15.8. The van der Waals surface area contributed by atoms with E-state index in [1.807, 2.05) is 13.8 Å². The number of carbonyl (C=O) groups excluding carboxylic acids is 1. The van der Waals surface area contributed by atoms with Gasteiger partial charge in [0, 0.05) is 25.8 Å². The van der Waals surface area contributed by atoms with E-state index in [0.717, 1.165) is 0 Å². The molecule has 1 aromatic rings. The van der Waals surface area contributed by atoms with Crippen LogP contribution in [0.4, 0.5) is 8.78 Å². The maximum atomic E-state index is 12.5. The first-order chi connectivity index (χ1) is 9.93. The van der Waals surface area contributed by atoms with Crippen LogP contribution in [0, 0.1) is 5.92 Å². The molecule has 0 saturated heterocycles. The van der Waals surface area contributed by atoms with Gasteiger partial charge in [0.1, 0.15) is 5.75 Å². The highest BCUT2D eigenvalue weighted by atomic mass is 19.3. The van der Waals surface area contributed by atoms with Crippen molar-refractivity contribution in [2.45, 2.75) is 20.5 Å². The molecule has 0 N–H and O–H groups in total. The number of hydrogen-bond donors (Lipinski definition) is 0. The van der Waals surface area contributed by atoms with Crippen molar-refractivity contribution in [3.8, 4) is 5.75 Å². The van der Waals surface area contributed by atoms with E-state index < -0.39 is 6.61 Å². The quantitative estimate of drug-likeness (QED) is 0.741. The number of rotatable bonds is 8. The van der Waals surface area contributed by atoms with Crippen LogP contribution in [0.25, 0.3) is 0 Å². The maximum absolute atomic E-state index is 12.5. The second-order valence-corrected chi connectivity index (χ2v) is 5.04. The third-order valence-electron chi connectivity index (χ3n) is 2.74. The first-order valence-corrected chi connectivity index (χ1v) is 6.77. The van der Waals surface area contributed by atoms with Gasteiger partial charge in [-0.2, -0.15) is 8.78 Å². The number of hydrogen-bond acceptors (Lipinski definition) is 3. The molecule has 0 atom stereocenters. The van der Waals surface area contributed by atoms with E-state index in [4.69, 9.17) is 4.74 Å². The monoisotopic (exact) mass is 301 g/mol. The van der Waals surface area contributed by atoms with Crippen LogP contribution < -0.4 is 4.74 Å². The lowest BCUT2D eigenvalue weighted by molar-refractivity contribution is -0.0499. The van der Waals surface area contributed by atoms with Gasteiger partial charge >= 0.3 is 6.61 Å². The smallest absolute Gasteiger partial charge is 0.387 e. The van der Waals surface area contributed by atoms with Crippen LogP contribution in [-0.2, 0) is 4.74 Å². The zero-order valence-corrected chi connectivity index (χ0v) is 12.5. The van der Waals surface area contributed by atoms with E-state index in [1.165, 1.54) is 18.2 Å². The van der Waals surface area contributed by atoms with E-state index >= 15 is 0 Å². The highest BCUT2D eigenvalue weighted by Gasteiger charge is 2.17. The number of alkyl halides is 2. The van der Waals surface area contributed by atoms with Gasteiger partial charge in [-0.25, -0.2) is 0 Å². The molecule has 0 aliphatic carbocycles. The summed E-state index contributed by atoms with van der Waals surface area (Å²) in [6.45, 7) is 2.55. The molecule has 1 amide bonds. The van der Waals surface area contributed by atoms with Gasteiger partial charge in [0.2, 0.25) is 0 Å². The summed E-state index contributed by atoms with van der Waals surface area (Å²) in [6.07, 6.45) is 0. The van der Waals surface area contributed by atoms with Crippen molar-refractivity contribution in [1.29, 1.82) is 0 Å². The van der Waals surface area contributed by atoms with E-state index in [0.29, 0.717) is 31.2 Å². The minimum absolute atomic E-state index is 0.0212. The third kappa shape index (κ3) is 6.08. The normalized spacial score (nSPS) is 11.0. The molecular weight excluding hydrogens is 280 g/mol. The number of amides is 1. The van der Waals surface area contributed by atoms with Gasteiger partial charge in [0.25, 0.3) is 5.91 Å². The van der Waals surface area contributed by atoms with Gasteiger partial charge in [0.15, 0.2) is 0 Å². The van der Waals surface area contributed by atoms with Crippen molar-refractivity contribution in [3.63, 3.8) is 0 Å². The first kappa shape index (κ1) is 17.4. The van der Waals surface area contributed by atoms with Crippen molar-refractivity contribution in [2.24, 2.45) is 5.92 Å². The van der Waals surface area contributed by atoms with Crippen LogP contribution in [0.15, 0.2) is 24.3 Å². The van der Waals surface area contributed by atoms with E-state index in [2.05, 4.69) is 4.74 Å². The summed E-state index contributed by atoms with van der Waals surface area (Å²) in [7, 11) is 1.56. The fourth-order valence-corrected chi connectivity index (χ4v) is 1.91. The average Bonchev–Trinajstić information content (AvgIpc) is 2.42. The lowest BCUT2D eigenvalue weighted by Gasteiger charge is -2.24. The molecule has 0 aromatic heterocycles. The summed E-state index contributed by atoms with van der Waals surface area (Å²) in [5.74, 6) is 0.0545. The molecule has 1 aromatic carbocycles. The Hall–Kier alpha value is -1.69. The topological polar surface area (TPSA) is 38.8 Å². The molecular formula is C15H21F2NO3. The fraction of sp³-hybridized carbons (Fsp3) is 0.533. The summed E-state index contributed by atoms with van der Waals surface area (Å²) in [6, 6.07) is 5.83. The van der Waals surface area contributed by atoms with E-state index in [1.54, 1.807) is 18.1 Å². The molecule has 1 rings (SSSR count). The minimum Gasteiger partial charge on any atom is -0.435 e. The van der Waals surface area contributed by atoms with Crippen molar-refractivity contribution >= 4 is 5.91 Å². The molecule has 0 heterocycles. The molecule has 0 spiro atoms. The Balaban J connectivity index is 2.86. The molecule has 21 heavy (non-hydrogen) atoms.